The second-order valence-electron chi connectivity index (χ2n) is 7.16. The Labute approximate surface area is 184 Å². The van der Waals surface area contributed by atoms with Crippen molar-refractivity contribution in [2.24, 2.45) is 0 Å². The summed E-state index contributed by atoms with van der Waals surface area (Å²) in [6.07, 6.45) is 0.671. The van der Waals surface area contributed by atoms with Crippen molar-refractivity contribution in [3.63, 3.8) is 0 Å². The Balaban J connectivity index is 2.10. The first-order valence-corrected chi connectivity index (χ1v) is 10.4. The Kier molecular flexibility index (Phi) is 6.70. The molecule has 1 atom stereocenters. The lowest BCUT2D eigenvalue weighted by molar-refractivity contribution is -0.384. The highest BCUT2D eigenvalue weighted by atomic mass is 35.5. The number of carbonyl (C=O) groups excluding carboxylic acids is 1. The summed E-state index contributed by atoms with van der Waals surface area (Å²) >= 11 is 6.05. The maximum absolute atomic E-state index is 13.3. The summed E-state index contributed by atoms with van der Waals surface area (Å²) < 4.78 is 1.53. The zero-order valence-corrected chi connectivity index (χ0v) is 18.3. The summed E-state index contributed by atoms with van der Waals surface area (Å²) in [7, 11) is 0. The molecule has 0 aliphatic rings. The van der Waals surface area contributed by atoms with E-state index in [2.05, 4.69) is 4.98 Å². The number of halogens is 1. The van der Waals surface area contributed by atoms with Crippen molar-refractivity contribution < 1.29 is 9.72 Å². The maximum atomic E-state index is 13.3. The molecule has 0 aliphatic carbocycles. The van der Waals surface area contributed by atoms with Gasteiger partial charge in [0.05, 0.1) is 21.9 Å². The fourth-order valence-electron chi connectivity index (χ4n) is 3.60. The van der Waals surface area contributed by atoms with E-state index in [0.29, 0.717) is 41.3 Å². The standard InChI is InChI=1S/C22H23ClN4O4/c1-4-11-26(21(28)15-7-6-8-17(12-15)27(30)31)14(3)20-24-19-10-9-16(23)13-18(19)22(29)25(20)5-2/h6-10,12-14H,4-5,11H2,1-3H3. The SMILES string of the molecule is CCCN(C(=O)c1cccc([N+](=O)[O-])c1)C(C)c1nc2ccc(Cl)cc2c(=O)n1CC. The van der Waals surface area contributed by atoms with E-state index in [1.165, 1.54) is 22.8 Å². The van der Waals surface area contributed by atoms with Gasteiger partial charge in [-0.1, -0.05) is 24.6 Å². The fourth-order valence-corrected chi connectivity index (χ4v) is 3.78. The molecule has 1 heterocycles. The van der Waals surface area contributed by atoms with Crippen LogP contribution in [-0.2, 0) is 6.54 Å². The summed E-state index contributed by atoms with van der Waals surface area (Å²) in [5, 5.41) is 12.0. The van der Waals surface area contributed by atoms with Gasteiger partial charge in [-0.2, -0.15) is 0 Å². The van der Waals surface area contributed by atoms with Gasteiger partial charge in [-0.25, -0.2) is 4.98 Å². The van der Waals surface area contributed by atoms with E-state index in [1.54, 1.807) is 36.1 Å². The predicted molar refractivity (Wildman–Crippen MR) is 120 cm³/mol. The first-order chi connectivity index (χ1) is 14.8. The van der Waals surface area contributed by atoms with E-state index in [0.717, 1.165) is 0 Å². The number of non-ortho nitro benzene ring substituents is 1. The molecule has 8 nitrogen and oxygen atoms in total. The Morgan fingerprint density at radius 3 is 2.65 bits per heavy atom. The quantitative estimate of drug-likeness (QED) is 0.393. The average Bonchev–Trinajstić information content (AvgIpc) is 2.77. The summed E-state index contributed by atoms with van der Waals surface area (Å²) in [4.78, 5) is 43.2. The first-order valence-electron chi connectivity index (χ1n) is 10.0. The second kappa shape index (κ2) is 9.26. The van der Waals surface area contributed by atoms with E-state index < -0.39 is 11.0 Å². The maximum Gasteiger partial charge on any atom is 0.270 e. The summed E-state index contributed by atoms with van der Waals surface area (Å²) in [5.74, 6) is 0.0979. The van der Waals surface area contributed by atoms with Gasteiger partial charge in [0.15, 0.2) is 0 Å². The zero-order chi connectivity index (χ0) is 22.7. The average molecular weight is 443 g/mol. The summed E-state index contributed by atoms with van der Waals surface area (Å²) in [6.45, 7) is 6.35. The Bertz CT molecular complexity index is 1210. The van der Waals surface area contributed by atoms with Crippen LogP contribution in [0, 0.1) is 10.1 Å². The van der Waals surface area contributed by atoms with Crippen LogP contribution in [0.4, 0.5) is 5.69 Å². The number of nitro benzene ring substituents is 1. The van der Waals surface area contributed by atoms with Crippen molar-refractivity contribution >= 4 is 34.1 Å². The molecule has 3 rings (SSSR count). The third kappa shape index (κ3) is 4.44. The lowest BCUT2D eigenvalue weighted by Gasteiger charge is -2.30. The van der Waals surface area contributed by atoms with E-state index in [9.17, 15) is 19.7 Å². The highest BCUT2D eigenvalue weighted by Gasteiger charge is 2.27. The minimum atomic E-state index is -0.533. The van der Waals surface area contributed by atoms with Crippen molar-refractivity contribution in [3.05, 3.63) is 79.3 Å². The number of aromatic nitrogens is 2. The molecule has 9 heteroatoms. The molecule has 0 N–H and O–H groups in total. The topological polar surface area (TPSA) is 98.3 Å². The van der Waals surface area contributed by atoms with Crippen LogP contribution in [-0.4, -0.2) is 31.8 Å². The number of benzene rings is 2. The third-order valence-corrected chi connectivity index (χ3v) is 5.37. The highest BCUT2D eigenvalue weighted by Crippen LogP contribution is 2.25. The number of nitrogens with zero attached hydrogens (tertiary/aromatic N) is 4. The molecule has 1 aromatic heterocycles. The molecular formula is C22H23ClN4O4. The molecule has 0 spiro atoms. The van der Waals surface area contributed by atoms with Crippen LogP contribution in [0.5, 0.6) is 0 Å². The number of amides is 1. The van der Waals surface area contributed by atoms with Crippen molar-refractivity contribution in [2.45, 2.75) is 39.8 Å². The van der Waals surface area contributed by atoms with Gasteiger partial charge in [0.2, 0.25) is 0 Å². The molecule has 162 valence electrons. The van der Waals surface area contributed by atoms with E-state index in [1.807, 2.05) is 13.8 Å². The van der Waals surface area contributed by atoms with E-state index in [-0.39, 0.29) is 22.7 Å². The van der Waals surface area contributed by atoms with Gasteiger partial charge in [0.25, 0.3) is 17.2 Å². The van der Waals surface area contributed by atoms with E-state index >= 15 is 0 Å². The number of rotatable bonds is 7. The minimum absolute atomic E-state index is 0.152. The van der Waals surface area contributed by atoms with Crippen LogP contribution in [0.2, 0.25) is 5.02 Å². The minimum Gasteiger partial charge on any atom is -0.329 e. The van der Waals surface area contributed by atoms with Gasteiger partial charge >= 0.3 is 0 Å². The van der Waals surface area contributed by atoms with Crippen LogP contribution in [0.15, 0.2) is 47.3 Å². The summed E-state index contributed by atoms with van der Waals surface area (Å²) in [6, 6.07) is 10.1. The first kappa shape index (κ1) is 22.4. The van der Waals surface area contributed by atoms with Gasteiger partial charge in [0.1, 0.15) is 5.82 Å². The molecule has 0 saturated carbocycles. The normalized spacial score (nSPS) is 12.0. The smallest absolute Gasteiger partial charge is 0.270 e. The molecular weight excluding hydrogens is 420 g/mol. The Morgan fingerprint density at radius 2 is 2.00 bits per heavy atom. The third-order valence-electron chi connectivity index (χ3n) is 5.13. The van der Waals surface area contributed by atoms with Gasteiger partial charge in [-0.3, -0.25) is 24.3 Å². The van der Waals surface area contributed by atoms with Crippen molar-refractivity contribution in [3.8, 4) is 0 Å². The molecule has 31 heavy (non-hydrogen) atoms. The monoisotopic (exact) mass is 442 g/mol. The lowest BCUT2D eigenvalue weighted by Crippen LogP contribution is -2.38. The number of carbonyl (C=O) groups is 1. The van der Waals surface area contributed by atoms with Crippen LogP contribution in [0.3, 0.4) is 0 Å². The molecule has 1 amide bonds. The molecule has 1 unspecified atom stereocenters. The lowest BCUT2D eigenvalue weighted by atomic mass is 10.1. The number of nitro groups is 1. The molecule has 2 aromatic carbocycles. The predicted octanol–water partition coefficient (Wildman–Crippen LogP) is 4.59. The van der Waals surface area contributed by atoms with E-state index in [4.69, 9.17) is 11.6 Å². The zero-order valence-electron chi connectivity index (χ0n) is 17.5. The number of fused-ring (bicyclic) bond motifs is 1. The Morgan fingerprint density at radius 1 is 1.26 bits per heavy atom. The van der Waals surface area contributed by atoms with Crippen LogP contribution >= 0.6 is 11.6 Å². The van der Waals surface area contributed by atoms with Crippen molar-refractivity contribution in [1.82, 2.24) is 14.5 Å². The molecule has 0 aliphatic heterocycles. The molecule has 0 saturated heterocycles. The summed E-state index contributed by atoms with van der Waals surface area (Å²) in [5.41, 5.74) is 0.338. The van der Waals surface area contributed by atoms with Gasteiger partial charge in [0, 0.05) is 35.8 Å². The molecule has 0 fully saturated rings. The number of hydrogen-bond acceptors (Lipinski definition) is 5. The van der Waals surface area contributed by atoms with Crippen LogP contribution < -0.4 is 5.56 Å². The van der Waals surface area contributed by atoms with Crippen molar-refractivity contribution in [2.75, 3.05) is 6.54 Å². The van der Waals surface area contributed by atoms with Crippen LogP contribution in [0.1, 0.15) is 49.4 Å². The molecule has 0 bridgehead atoms. The molecule has 3 aromatic rings. The Hall–Kier alpha value is -3.26. The largest absolute Gasteiger partial charge is 0.329 e. The van der Waals surface area contributed by atoms with Gasteiger partial charge in [-0.05, 0) is 44.5 Å². The van der Waals surface area contributed by atoms with Gasteiger partial charge < -0.3 is 4.90 Å². The highest BCUT2D eigenvalue weighted by molar-refractivity contribution is 6.31. The number of hydrogen-bond donors (Lipinski definition) is 0. The second-order valence-corrected chi connectivity index (χ2v) is 7.60. The van der Waals surface area contributed by atoms with Gasteiger partial charge in [-0.15, -0.1) is 0 Å². The van der Waals surface area contributed by atoms with Crippen LogP contribution in [0.25, 0.3) is 10.9 Å². The molecule has 0 radical (unpaired) electrons. The fraction of sp³-hybridized carbons (Fsp3) is 0.318. The van der Waals surface area contributed by atoms with Crippen molar-refractivity contribution in [1.29, 1.82) is 0 Å².